The maximum absolute atomic E-state index is 13.8. The summed E-state index contributed by atoms with van der Waals surface area (Å²) in [4.78, 5) is 31.9. The maximum atomic E-state index is 13.8. The highest BCUT2D eigenvalue weighted by Gasteiger charge is 2.38. The molecule has 0 radical (unpaired) electrons. The van der Waals surface area contributed by atoms with Crippen LogP contribution >= 0.6 is 19.2 Å². The van der Waals surface area contributed by atoms with E-state index in [1.807, 2.05) is 24.1 Å². The van der Waals surface area contributed by atoms with E-state index in [0.29, 0.717) is 41.7 Å². The SMILES string of the molecule is Cc1cn2nc([C@@H]3CCCCN3C(=O)c3cc(Cl)ccc3NS(C)(=O)=O)cc2nc1N1C[C@@H](C#N)[C@@H](OP(C)(=O)O)C1. The molecule has 3 aromatic rings. The number of nitrogens with one attached hydrogen (secondary N) is 1. The van der Waals surface area contributed by atoms with E-state index < -0.39 is 29.6 Å². The fourth-order valence-electron chi connectivity index (χ4n) is 5.55. The molecule has 0 spiro atoms. The first-order valence-electron chi connectivity index (χ1n) is 13.3. The monoisotopic (exact) mass is 635 g/mol. The second-order valence-electron chi connectivity index (χ2n) is 10.8. The lowest BCUT2D eigenvalue weighted by Crippen LogP contribution is -2.39. The summed E-state index contributed by atoms with van der Waals surface area (Å²) in [6, 6.07) is 8.04. The van der Waals surface area contributed by atoms with Crippen LogP contribution in [0.1, 0.15) is 46.9 Å². The van der Waals surface area contributed by atoms with Crippen LogP contribution in [0, 0.1) is 24.2 Å². The van der Waals surface area contributed by atoms with Gasteiger partial charge in [-0.3, -0.25) is 14.1 Å². The fraction of sp³-hybridized carbons (Fsp3) is 0.462. The number of rotatable bonds is 7. The number of nitrogens with zero attached hydrogens (tertiary/aromatic N) is 6. The van der Waals surface area contributed by atoms with Crippen molar-refractivity contribution in [2.75, 3.05) is 42.2 Å². The molecule has 224 valence electrons. The van der Waals surface area contributed by atoms with Gasteiger partial charge in [-0.15, -0.1) is 0 Å². The van der Waals surface area contributed by atoms with Gasteiger partial charge in [-0.2, -0.15) is 10.4 Å². The van der Waals surface area contributed by atoms with Gasteiger partial charge in [-0.25, -0.2) is 17.9 Å². The van der Waals surface area contributed by atoms with Crippen LogP contribution in [0.15, 0.2) is 30.5 Å². The second-order valence-corrected chi connectivity index (χ2v) is 14.8. The zero-order chi connectivity index (χ0) is 30.4. The highest BCUT2D eigenvalue weighted by molar-refractivity contribution is 7.92. The Hall–Kier alpha value is -3.21. The number of nitriles is 1. The minimum Gasteiger partial charge on any atom is -0.352 e. The Morgan fingerprint density at radius 3 is 2.74 bits per heavy atom. The zero-order valence-corrected chi connectivity index (χ0v) is 25.7. The van der Waals surface area contributed by atoms with Crippen molar-refractivity contribution in [2.45, 2.75) is 38.3 Å². The van der Waals surface area contributed by atoms with Gasteiger partial charge in [0.05, 0.1) is 41.2 Å². The molecule has 1 amide bonds. The van der Waals surface area contributed by atoms with Gasteiger partial charge in [0.15, 0.2) is 5.65 Å². The van der Waals surface area contributed by atoms with Crippen LogP contribution in [-0.4, -0.2) is 77.4 Å². The van der Waals surface area contributed by atoms with Crippen molar-refractivity contribution >= 4 is 52.3 Å². The smallest absolute Gasteiger partial charge is 0.325 e. The van der Waals surface area contributed by atoms with Gasteiger partial charge in [-0.05, 0) is 44.4 Å². The number of anilines is 2. The number of aromatic nitrogens is 3. The number of sulfonamides is 1. The highest BCUT2D eigenvalue weighted by atomic mass is 35.5. The number of fused-ring (bicyclic) bond motifs is 1. The number of hydrogen-bond acceptors (Lipinski definition) is 9. The number of carbonyl (C=O) groups excluding carboxylic acids is 1. The molecule has 2 fully saturated rings. The van der Waals surface area contributed by atoms with E-state index in [4.69, 9.17) is 26.2 Å². The molecule has 2 saturated heterocycles. The zero-order valence-electron chi connectivity index (χ0n) is 23.3. The quantitative estimate of drug-likeness (QED) is 0.366. The number of benzene rings is 1. The van der Waals surface area contributed by atoms with Crippen LogP contribution in [0.5, 0.6) is 0 Å². The standard InChI is InChI=1S/C26H31ClN7O6PS/c1-16-13-34-24(29-25(16)32-14-17(12-28)23(15-32)40-41(2,36)37)11-21(30-34)22-6-4-5-9-33(22)26(35)19-10-18(27)7-8-20(19)31-42(3,38)39/h7-8,10-11,13,17,22-23,31H,4-6,9,14-15H2,1-3H3,(H,36,37)/t17-,22+,23+/m1/s1. The Morgan fingerprint density at radius 2 is 2.05 bits per heavy atom. The molecule has 1 aromatic carbocycles. The van der Waals surface area contributed by atoms with Crippen molar-refractivity contribution in [3.8, 4) is 6.07 Å². The summed E-state index contributed by atoms with van der Waals surface area (Å²) in [5, 5.41) is 14.6. The minimum atomic E-state index is -3.79. The summed E-state index contributed by atoms with van der Waals surface area (Å²) >= 11 is 6.19. The van der Waals surface area contributed by atoms with E-state index in [0.717, 1.165) is 31.3 Å². The van der Waals surface area contributed by atoms with Gasteiger partial charge in [0.2, 0.25) is 10.0 Å². The molecule has 0 bridgehead atoms. The molecular formula is C26H31ClN7O6PS. The Morgan fingerprint density at radius 1 is 1.29 bits per heavy atom. The molecule has 2 aliphatic heterocycles. The average molecular weight is 636 g/mol. The van der Waals surface area contributed by atoms with Crippen LogP contribution < -0.4 is 9.62 Å². The van der Waals surface area contributed by atoms with E-state index >= 15 is 0 Å². The van der Waals surface area contributed by atoms with Gasteiger partial charge in [-0.1, -0.05) is 11.6 Å². The van der Waals surface area contributed by atoms with Crippen LogP contribution in [0.2, 0.25) is 5.02 Å². The molecule has 0 saturated carbocycles. The lowest BCUT2D eigenvalue weighted by molar-refractivity contribution is 0.0606. The number of piperidine rings is 1. The predicted molar refractivity (Wildman–Crippen MR) is 157 cm³/mol. The number of carbonyl (C=O) groups is 1. The number of hydrogen-bond donors (Lipinski definition) is 2. The lowest BCUT2D eigenvalue weighted by Gasteiger charge is -2.35. The van der Waals surface area contributed by atoms with Gasteiger partial charge in [0, 0.05) is 49.1 Å². The molecule has 0 aliphatic carbocycles. The number of aryl methyl sites for hydroxylation is 1. The normalized spacial score (nSPS) is 22.6. The molecular weight excluding hydrogens is 605 g/mol. The molecule has 4 heterocycles. The van der Waals surface area contributed by atoms with E-state index in [2.05, 4.69) is 10.8 Å². The highest BCUT2D eigenvalue weighted by Crippen LogP contribution is 2.42. The summed E-state index contributed by atoms with van der Waals surface area (Å²) in [6.45, 7) is 3.94. The number of likely N-dealkylation sites (tertiary alicyclic amines) is 1. The Balaban J connectivity index is 1.45. The second kappa shape index (κ2) is 11.5. The van der Waals surface area contributed by atoms with Crippen molar-refractivity contribution in [3.63, 3.8) is 0 Å². The van der Waals surface area contributed by atoms with Crippen molar-refractivity contribution < 1.29 is 27.2 Å². The maximum Gasteiger partial charge on any atom is 0.325 e. The first-order chi connectivity index (χ1) is 19.7. The molecule has 2 aliphatic rings. The van der Waals surface area contributed by atoms with Crippen molar-refractivity contribution in [1.82, 2.24) is 19.5 Å². The molecule has 1 unspecified atom stereocenters. The number of amides is 1. The molecule has 5 rings (SSSR count). The molecule has 13 nitrogen and oxygen atoms in total. The van der Waals surface area contributed by atoms with Crippen molar-refractivity contribution in [1.29, 1.82) is 5.26 Å². The average Bonchev–Trinajstić information content (AvgIpc) is 3.50. The molecule has 2 aromatic heterocycles. The molecule has 16 heteroatoms. The van der Waals surface area contributed by atoms with Crippen LogP contribution in [-0.2, 0) is 19.1 Å². The summed E-state index contributed by atoms with van der Waals surface area (Å²) < 4.78 is 45.1. The molecule has 4 atom stereocenters. The van der Waals surface area contributed by atoms with Crippen LogP contribution in [0.3, 0.4) is 0 Å². The van der Waals surface area contributed by atoms with Gasteiger partial charge < -0.3 is 19.2 Å². The van der Waals surface area contributed by atoms with E-state index in [9.17, 15) is 27.9 Å². The predicted octanol–water partition coefficient (Wildman–Crippen LogP) is 3.59. The lowest BCUT2D eigenvalue weighted by atomic mass is 9.98. The first-order valence-corrected chi connectivity index (χ1v) is 17.6. The third-order valence-electron chi connectivity index (χ3n) is 7.30. The largest absolute Gasteiger partial charge is 0.352 e. The Labute approximate surface area is 248 Å². The fourth-order valence-corrected chi connectivity index (χ4v) is 7.02. The third-order valence-corrected chi connectivity index (χ3v) is 8.79. The first kappa shape index (κ1) is 30.3. The summed E-state index contributed by atoms with van der Waals surface area (Å²) in [6.07, 6.45) is 4.41. The van der Waals surface area contributed by atoms with E-state index in [-0.39, 0.29) is 29.7 Å². The van der Waals surface area contributed by atoms with E-state index in [1.54, 1.807) is 9.42 Å². The minimum absolute atomic E-state index is 0.150. The van der Waals surface area contributed by atoms with Crippen molar-refractivity contribution in [3.05, 3.63) is 52.3 Å². The molecule has 2 N–H and O–H groups in total. The van der Waals surface area contributed by atoms with Crippen LogP contribution in [0.4, 0.5) is 11.5 Å². The summed E-state index contributed by atoms with van der Waals surface area (Å²) in [5.74, 6) is -0.354. The van der Waals surface area contributed by atoms with Gasteiger partial charge >= 0.3 is 7.60 Å². The summed E-state index contributed by atoms with van der Waals surface area (Å²) in [5.41, 5.74) is 2.25. The van der Waals surface area contributed by atoms with Gasteiger partial charge in [0.25, 0.3) is 5.91 Å². The van der Waals surface area contributed by atoms with E-state index in [1.165, 1.54) is 18.2 Å². The van der Waals surface area contributed by atoms with Crippen LogP contribution in [0.25, 0.3) is 5.65 Å². The van der Waals surface area contributed by atoms with Gasteiger partial charge in [0.1, 0.15) is 11.9 Å². The topological polar surface area (TPSA) is 170 Å². The Kier molecular flexibility index (Phi) is 8.26. The Bertz CT molecular complexity index is 1740. The molecule has 42 heavy (non-hydrogen) atoms. The van der Waals surface area contributed by atoms with Crippen molar-refractivity contribution in [2.24, 2.45) is 5.92 Å². The summed E-state index contributed by atoms with van der Waals surface area (Å²) in [7, 11) is -7.42. The number of halogens is 1. The third kappa shape index (κ3) is 6.55.